The van der Waals surface area contributed by atoms with Crippen molar-refractivity contribution in [2.75, 3.05) is 28.4 Å². The highest BCUT2D eigenvalue weighted by atomic mass is 16.6. The Morgan fingerprint density at radius 3 is 1.81 bits per heavy atom. The SMILES string of the molecule is COc1ccc([C@H]2OC(=O)[C@@]3(C)[C@H](c4ccc(OC)c(OC)c4)OC(=O)[C@@H]23)cc1OC. The Morgan fingerprint density at radius 1 is 0.742 bits per heavy atom. The quantitative estimate of drug-likeness (QED) is 0.648. The molecule has 2 aromatic rings. The van der Waals surface area contributed by atoms with Crippen LogP contribution < -0.4 is 18.9 Å². The van der Waals surface area contributed by atoms with Crippen molar-refractivity contribution in [1.29, 1.82) is 0 Å². The molecule has 0 unspecified atom stereocenters. The monoisotopic (exact) mass is 428 g/mol. The van der Waals surface area contributed by atoms with Crippen LogP contribution in [0.3, 0.4) is 0 Å². The Bertz CT molecular complexity index is 1030. The lowest BCUT2D eigenvalue weighted by Gasteiger charge is -2.24. The Balaban J connectivity index is 1.74. The fourth-order valence-electron chi connectivity index (χ4n) is 4.42. The number of hydrogen-bond acceptors (Lipinski definition) is 8. The van der Waals surface area contributed by atoms with Gasteiger partial charge in [-0.3, -0.25) is 9.59 Å². The van der Waals surface area contributed by atoms with Gasteiger partial charge in [0.15, 0.2) is 23.0 Å². The molecule has 0 spiro atoms. The molecule has 4 rings (SSSR count). The van der Waals surface area contributed by atoms with Crippen LogP contribution in [0.15, 0.2) is 36.4 Å². The molecule has 0 saturated carbocycles. The van der Waals surface area contributed by atoms with Gasteiger partial charge in [-0.25, -0.2) is 0 Å². The second kappa shape index (κ2) is 7.68. The molecule has 0 bridgehead atoms. The molecular formula is C23H24O8. The van der Waals surface area contributed by atoms with Crippen LogP contribution in [0.4, 0.5) is 0 Å². The van der Waals surface area contributed by atoms with E-state index in [1.165, 1.54) is 28.4 Å². The van der Waals surface area contributed by atoms with Crippen LogP contribution in [0.5, 0.6) is 23.0 Å². The number of benzene rings is 2. The fourth-order valence-corrected chi connectivity index (χ4v) is 4.42. The number of fused-ring (bicyclic) bond motifs is 1. The van der Waals surface area contributed by atoms with Gasteiger partial charge in [-0.1, -0.05) is 12.1 Å². The lowest BCUT2D eigenvalue weighted by atomic mass is 9.71. The third-order valence-corrected chi connectivity index (χ3v) is 6.10. The van der Waals surface area contributed by atoms with Crippen molar-refractivity contribution < 1.29 is 38.0 Å². The lowest BCUT2D eigenvalue weighted by Crippen LogP contribution is -2.32. The zero-order valence-electron chi connectivity index (χ0n) is 18.0. The number of carbonyl (C=O) groups excluding carboxylic acids is 2. The molecule has 2 aliphatic rings. The van der Waals surface area contributed by atoms with Gasteiger partial charge in [0, 0.05) is 0 Å². The Kier molecular flexibility index (Phi) is 5.16. The van der Waals surface area contributed by atoms with Gasteiger partial charge in [-0.05, 0) is 42.3 Å². The highest BCUT2D eigenvalue weighted by Gasteiger charge is 2.68. The van der Waals surface area contributed by atoms with Gasteiger partial charge in [0.05, 0.1) is 28.4 Å². The maximum absolute atomic E-state index is 13.1. The van der Waals surface area contributed by atoms with Crippen LogP contribution in [0.1, 0.15) is 30.3 Å². The molecule has 2 fully saturated rings. The number of methoxy groups -OCH3 is 4. The first-order valence-corrected chi connectivity index (χ1v) is 9.74. The van der Waals surface area contributed by atoms with Gasteiger partial charge in [-0.2, -0.15) is 0 Å². The third-order valence-electron chi connectivity index (χ3n) is 6.10. The molecule has 2 saturated heterocycles. The van der Waals surface area contributed by atoms with Crippen molar-refractivity contribution in [2.24, 2.45) is 11.3 Å². The number of cyclic esters (lactones) is 2. The van der Waals surface area contributed by atoms with Gasteiger partial charge >= 0.3 is 11.9 Å². The number of rotatable bonds is 6. The number of ether oxygens (including phenoxy) is 6. The second-order valence-corrected chi connectivity index (χ2v) is 7.63. The summed E-state index contributed by atoms with van der Waals surface area (Å²) in [6.07, 6.45) is -1.61. The van der Waals surface area contributed by atoms with E-state index >= 15 is 0 Å². The van der Waals surface area contributed by atoms with Crippen LogP contribution in [0.2, 0.25) is 0 Å². The topological polar surface area (TPSA) is 89.5 Å². The van der Waals surface area contributed by atoms with Crippen molar-refractivity contribution >= 4 is 11.9 Å². The minimum Gasteiger partial charge on any atom is -0.493 e. The minimum atomic E-state index is -1.20. The molecule has 164 valence electrons. The molecule has 31 heavy (non-hydrogen) atoms. The summed E-state index contributed by atoms with van der Waals surface area (Å²) >= 11 is 0. The van der Waals surface area contributed by atoms with Crippen LogP contribution in [-0.2, 0) is 19.1 Å². The Morgan fingerprint density at radius 2 is 1.26 bits per heavy atom. The van der Waals surface area contributed by atoms with Gasteiger partial charge in [0.1, 0.15) is 23.5 Å². The second-order valence-electron chi connectivity index (χ2n) is 7.63. The van der Waals surface area contributed by atoms with E-state index in [1.54, 1.807) is 43.3 Å². The zero-order chi connectivity index (χ0) is 22.3. The molecule has 2 aromatic carbocycles. The summed E-state index contributed by atoms with van der Waals surface area (Å²) in [5.74, 6) is 0.232. The Labute approximate surface area is 179 Å². The predicted octanol–water partition coefficient (Wildman–Crippen LogP) is 3.24. The smallest absolute Gasteiger partial charge is 0.317 e. The van der Waals surface area contributed by atoms with E-state index in [0.29, 0.717) is 34.1 Å². The zero-order valence-corrected chi connectivity index (χ0v) is 18.0. The molecule has 8 heteroatoms. The van der Waals surface area contributed by atoms with Crippen LogP contribution in [0.25, 0.3) is 0 Å². The van der Waals surface area contributed by atoms with Crippen LogP contribution >= 0.6 is 0 Å². The van der Waals surface area contributed by atoms with E-state index in [4.69, 9.17) is 28.4 Å². The molecule has 0 N–H and O–H groups in total. The van der Waals surface area contributed by atoms with Gasteiger partial charge in [-0.15, -0.1) is 0 Å². The standard InChI is InChI=1S/C23H24O8/c1-23-18(19(30-22(23)25)12-6-8-14(26-2)16(10-12)28-4)21(24)31-20(23)13-7-9-15(27-3)17(11-13)29-5/h6-11,18-20H,1-5H3/t18-,19-,20+,23-/m1/s1. The first-order valence-electron chi connectivity index (χ1n) is 9.74. The molecule has 8 nitrogen and oxygen atoms in total. The van der Waals surface area contributed by atoms with E-state index < -0.39 is 35.5 Å². The van der Waals surface area contributed by atoms with Crippen molar-refractivity contribution in [3.05, 3.63) is 47.5 Å². The molecule has 4 atom stereocenters. The minimum absolute atomic E-state index is 0.478. The molecule has 2 heterocycles. The van der Waals surface area contributed by atoms with Crippen molar-refractivity contribution in [1.82, 2.24) is 0 Å². The molecular weight excluding hydrogens is 404 g/mol. The number of esters is 2. The molecule has 2 aliphatic heterocycles. The first-order chi connectivity index (χ1) is 14.9. The molecule has 0 amide bonds. The Hall–Kier alpha value is -3.42. The summed E-state index contributed by atoms with van der Waals surface area (Å²) in [6, 6.07) is 10.3. The first kappa shape index (κ1) is 20.8. The normalized spacial score (nSPS) is 26.7. The highest BCUT2D eigenvalue weighted by molar-refractivity contribution is 5.92. The summed E-state index contributed by atoms with van der Waals surface area (Å²) in [6.45, 7) is 1.70. The number of hydrogen-bond donors (Lipinski definition) is 0. The van der Waals surface area contributed by atoms with Gasteiger partial charge in [0.2, 0.25) is 0 Å². The van der Waals surface area contributed by atoms with Crippen molar-refractivity contribution in [3.8, 4) is 23.0 Å². The summed E-state index contributed by atoms with van der Waals surface area (Å²) in [4.78, 5) is 26.0. The maximum Gasteiger partial charge on any atom is 0.317 e. The largest absolute Gasteiger partial charge is 0.493 e. The van der Waals surface area contributed by atoms with E-state index in [0.717, 1.165) is 0 Å². The average molecular weight is 428 g/mol. The van der Waals surface area contributed by atoms with E-state index in [9.17, 15) is 9.59 Å². The molecule has 0 aliphatic carbocycles. The molecule has 0 aromatic heterocycles. The molecule has 0 radical (unpaired) electrons. The van der Waals surface area contributed by atoms with Gasteiger partial charge < -0.3 is 28.4 Å². The predicted molar refractivity (Wildman–Crippen MR) is 108 cm³/mol. The summed E-state index contributed by atoms with van der Waals surface area (Å²) in [5, 5.41) is 0. The highest BCUT2D eigenvalue weighted by Crippen LogP contribution is 2.60. The van der Waals surface area contributed by atoms with Crippen LogP contribution in [-0.4, -0.2) is 40.4 Å². The lowest BCUT2D eigenvalue weighted by molar-refractivity contribution is -0.158. The fraction of sp³-hybridized carbons (Fsp3) is 0.391. The van der Waals surface area contributed by atoms with E-state index in [2.05, 4.69) is 0 Å². The van der Waals surface area contributed by atoms with Crippen molar-refractivity contribution in [3.63, 3.8) is 0 Å². The van der Waals surface area contributed by atoms with Crippen molar-refractivity contribution in [2.45, 2.75) is 19.1 Å². The maximum atomic E-state index is 13.1. The number of carbonyl (C=O) groups is 2. The summed E-state index contributed by atoms with van der Waals surface area (Å²) in [7, 11) is 6.10. The summed E-state index contributed by atoms with van der Waals surface area (Å²) < 4.78 is 32.7. The van der Waals surface area contributed by atoms with Crippen LogP contribution in [0, 0.1) is 11.3 Å². The van der Waals surface area contributed by atoms with Gasteiger partial charge in [0.25, 0.3) is 0 Å². The van der Waals surface area contributed by atoms with E-state index in [1.807, 2.05) is 0 Å². The average Bonchev–Trinajstić information content (AvgIpc) is 3.22. The van der Waals surface area contributed by atoms with E-state index in [-0.39, 0.29) is 0 Å². The third kappa shape index (κ3) is 3.05. The summed E-state index contributed by atoms with van der Waals surface area (Å²) in [5.41, 5.74) is 0.0552.